The van der Waals surface area contributed by atoms with E-state index in [2.05, 4.69) is 10.6 Å². The second-order valence-corrected chi connectivity index (χ2v) is 5.52. The number of nitrogens with zero attached hydrogens (tertiary/aromatic N) is 1. The van der Waals surface area contributed by atoms with E-state index in [1.165, 1.54) is 0 Å². The molecule has 1 aliphatic rings. The van der Waals surface area contributed by atoms with Crippen LogP contribution in [0.3, 0.4) is 0 Å². The quantitative estimate of drug-likeness (QED) is 0.896. The molecular formula is C13H17Cl2N3O. The second-order valence-electron chi connectivity index (χ2n) is 4.71. The van der Waals surface area contributed by atoms with Gasteiger partial charge in [-0.2, -0.15) is 0 Å². The van der Waals surface area contributed by atoms with Gasteiger partial charge < -0.3 is 10.6 Å². The van der Waals surface area contributed by atoms with Gasteiger partial charge in [0.2, 0.25) is 5.91 Å². The molecule has 4 nitrogen and oxygen atoms in total. The second kappa shape index (κ2) is 6.57. The lowest BCUT2D eigenvalue weighted by molar-refractivity contribution is -0.117. The van der Waals surface area contributed by atoms with Gasteiger partial charge in [0.05, 0.1) is 22.3 Å². The molecule has 6 heteroatoms. The van der Waals surface area contributed by atoms with Crippen LogP contribution in [0.5, 0.6) is 0 Å². The van der Waals surface area contributed by atoms with E-state index in [0.29, 0.717) is 28.3 Å². The fraction of sp³-hybridized carbons (Fsp3) is 0.462. The summed E-state index contributed by atoms with van der Waals surface area (Å²) in [6, 6.07) is 5.56. The van der Waals surface area contributed by atoms with Crippen molar-refractivity contribution in [1.82, 2.24) is 10.2 Å². The number of rotatable bonds is 4. The first-order valence-corrected chi connectivity index (χ1v) is 6.98. The molecule has 1 atom stereocenters. The maximum Gasteiger partial charge on any atom is 0.238 e. The largest absolute Gasteiger partial charge is 0.322 e. The Morgan fingerprint density at radius 1 is 1.47 bits per heavy atom. The molecule has 1 fully saturated rings. The molecule has 0 bridgehead atoms. The van der Waals surface area contributed by atoms with Crippen molar-refractivity contribution in [1.29, 1.82) is 0 Å². The van der Waals surface area contributed by atoms with Crippen LogP contribution >= 0.6 is 23.2 Å². The molecule has 0 aromatic heterocycles. The first kappa shape index (κ1) is 14.6. The van der Waals surface area contributed by atoms with Crippen LogP contribution in [-0.4, -0.2) is 43.5 Å². The summed E-state index contributed by atoms with van der Waals surface area (Å²) in [5.74, 6) is -0.107. The number of carbonyl (C=O) groups excluding carboxylic acids is 1. The number of hydrogen-bond acceptors (Lipinski definition) is 3. The number of halogens is 2. The molecule has 0 spiro atoms. The molecular weight excluding hydrogens is 285 g/mol. The first-order chi connectivity index (χ1) is 9.08. The van der Waals surface area contributed by atoms with Crippen LogP contribution in [0.25, 0.3) is 0 Å². The Morgan fingerprint density at radius 3 is 2.74 bits per heavy atom. The summed E-state index contributed by atoms with van der Waals surface area (Å²) in [6.07, 6.45) is 1.07. The molecule has 1 unspecified atom stereocenters. The number of para-hydroxylation sites is 1. The standard InChI is InChI=1S/C13H17Cl2N3O/c1-18(9-5-6-16-7-9)8-12(19)17-13-10(14)3-2-4-11(13)15/h2-4,9,16H,5-8H2,1H3,(H,17,19). The average molecular weight is 302 g/mol. The summed E-state index contributed by atoms with van der Waals surface area (Å²) < 4.78 is 0. The molecule has 2 N–H and O–H groups in total. The Kier molecular flexibility index (Phi) is 5.05. The highest BCUT2D eigenvalue weighted by atomic mass is 35.5. The minimum atomic E-state index is -0.107. The maximum absolute atomic E-state index is 12.0. The SMILES string of the molecule is CN(CC(=O)Nc1c(Cl)cccc1Cl)C1CCNC1. The van der Waals surface area contributed by atoms with E-state index in [4.69, 9.17) is 23.2 Å². The smallest absolute Gasteiger partial charge is 0.238 e. The number of nitrogens with one attached hydrogen (secondary N) is 2. The van der Waals surface area contributed by atoms with Gasteiger partial charge in [0.1, 0.15) is 0 Å². The average Bonchev–Trinajstić information content (AvgIpc) is 2.88. The van der Waals surface area contributed by atoms with Crippen LogP contribution in [0.1, 0.15) is 6.42 Å². The predicted molar refractivity (Wildman–Crippen MR) is 79.0 cm³/mol. The number of hydrogen-bond donors (Lipinski definition) is 2. The normalized spacial score (nSPS) is 18.8. The van der Waals surface area contributed by atoms with Crippen molar-refractivity contribution in [2.45, 2.75) is 12.5 Å². The van der Waals surface area contributed by atoms with Crippen molar-refractivity contribution in [2.24, 2.45) is 0 Å². The number of benzene rings is 1. The van der Waals surface area contributed by atoms with Gasteiger partial charge in [-0.25, -0.2) is 0 Å². The molecule has 0 saturated carbocycles. The van der Waals surface area contributed by atoms with Gasteiger partial charge in [0.15, 0.2) is 0 Å². The molecule has 19 heavy (non-hydrogen) atoms. The fourth-order valence-corrected chi connectivity index (χ4v) is 2.66. The molecule has 0 radical (unpaired) electrons. The Balaban J connectivity index is 1.93. The zero-order valence-corrected chi connectivity index (χ0v) is 12.3. The highest BCUT2D eigenvalue weighted by molar-refractivity contribution is 6.39. The Bertz CT molecular complexity index is 441. The maximum atomic E-state index is 12.0. The van der Waals surface area contributed by atoms with Crippen LogP contribution in [0.2, 0.25) is 10.0 Å². The van der Waals surface area contributed by atoms with Crippen LogP contribution in [0.15, 0.2) is 18.2 Å². The van der Waals surface area contributed by atoms with E-state index in [1.807, 2.05) is 11.9 Å². The summed E-state index contributed by atoms with van der Waals surface area (Å²) in [6.45, 7) is 2.26. The summed E-state index contributed by atoms with van der Waals surface area (Å²) in [4.78, 5) is 14.0. The van der Waals surface area contributed by atoms with Gasteiger partial charge in [-0.1, -0.05) is 29.3 Å². The van der Waals surface area contributed by atoms with Gasteiger partial charge in [-0.3, -0.25) is 9.69 Å². The summed E-state index contributed by atoms with van der Waals surface area (Å²) in [5, 5.41) is 6.95. The minimum absolute atomic E-state index is 0.107. The molecule has 1 saturated heterocycles. The number of likely N-dealkylation sites (N-methyl/N-ethyl adjacent to an activating group) is 1. The molecule has 104 valence electrons. The lowest BCUT2D eigenvalue weighted by Gasteiger charge is -2.22. The summed E-state index contributed by atoms with van der Waals surface area (Å²) in [7, 11) is 1.95. The van der Waals surface area contributed by atoms with Crippen molar-refractivity contribution in [2.75, 3.05) is 32.0 Å². The molecule has 1 aromatic carbocycles. The zero-order valence-electron chi connectivity index (χ0n) is 10.7. The van der Waals surface area contributed by atoms with E-state index in [-0.39, 0.29) is 5.91 Å². The Hall–Kier alpha value is -0.810. The molecule has 1 aliphatic heterocycles. The molecule has 1 heterocycles. The van der Waals surface area contributed by atoms with Gasteiger partial charge in [0, 0.05) is 12.6 Å². The van der Waals surface area contributed by atoms with E-state index >= 15 is 0 Å². The van der Waals surface area contributed by atoms with Crippen molar-refractivity contribution in [3.63, 3.8) is 0 Å². The first-order valence-electron chi connectivity index (χ1n) is 6.22. The van der Waals surface area contributed by atoms with Gasteiger partial charge in [-0.05, 0) is 32.1 Å². The number of anilines is 1. The highest BCUT2D eigenvalue weighted by Gasteiger charge is 2.21. The fourth-order valence-electron chi connectivity index (χ4n) is 2.17. The predicted octanol–water partition coefficient (Wildman–Crippen LogP) is 2.23. The van der Waals surface area contributed by atoms with Crippen molar-refractivity contribution in [3.8, 4) is 0 Å². The van der Waals surface area contributed by atoms with E-state index < -0.39 is 0 Å². The molecule has 1 aromatic rings. The molecule has 0 aliphatic carbocycles. The van der Waals surface area contributed by atoms with Crippen LogP contribution in [-0.2, 0) is 4.79 Å². The molecule has 2 rings (SSSR count). The molecule has 1 amide bonds. The monoisotopic (exact) mass is 301 g/mol. The van der Waals surface area contributed by atoms with Gasteiger partial charge >= 0.3 is 0 Å². The third-order valence-corrected chi connectivity index (χ3v) is 3.91. The number of amides is 1. The Labute approximate surface area is 123 Å². The van der Waals surface area contributed by atoms with Crippen molar-refractivity contribution < 1.29 is 4.79 Å². The summed E-state index contributed by atoms with van der Waals surface area (Å²) >= 11 is 12.0. The van der Waals surface area contributed by atoms with E-state index in [1.54, 1.807) is 18.2 Å². The number of carbonyl (C=O) groups is 1. The lowest BCUT2D eigenvalue weighted by Crippen LogP contribution is -2.39. The van der Waals surface area contributed by atoms with Gasteiger partial charge in [0.25, 0.3) is 0 Å². The van der Waals surface area contributed by atoms with E-state index in [9.17, 15) is 4.79 Å². The topological polar surface area (TPSA) is 44.4 Å². The lowest BCUT2D eigenvalue weighted by atomic mass is 10.2. The van der Waals surface area contributed by atoms with Crippen molar-refractivity contribution in [3.05, 3.63) is 28.2 Å². The summed E-state index contributed by atoms with van der Waals surface area (Å²) in [5.41, 5.74) is 0.480. The third-order valence-electron chi connectivity index (χ3n) is 3.28. The zero-order chi connectivity index (χ0) is 13.8. The van der Waals surface area contributed by atoms with Crippen LogP contribution in [0.4, 0.5) is 5.69 Å². The van der Waals surface area contributed by atoms with Crippen molar-refractivity contribution >= 4 is 34.8 Å². The van der Waals surface area contributed by atoms with Crippen LogP contribution in [0, 0.1) is 0 Å². The Morgan fingerprint density at radius 2 is 2.16 bits per heavy atom. The minimum Gasteiger partial charge on any atom is -0.322 e. The van der Waals surface area contributed by atoms with Crippen LogP contribution < -0.4 is 10.6 Å². The third kappa shape index (κ3) is 3.83. The van der Waals surface area contributed by atoms with E-state index in [0.717, 1.165) is 19.5 Å². The highest BCUT2D eigenvalue weighted by Crippen LogP contribution is 2.29. The van der Waals surface area contributed by atoms with Gasteiger partial charge in [-0.15, -0.1) is 0 Å².